The molecule has 3 rings (SSSR count). The lowest BCUT2D eigenvalue weighted by Gasteiger charge is -2.24. The third-order valence-electron chi connectivity index (χ3n) is 5.23. The van der Waals surface area contributed by atoms with Gasteiger partial charge in [-0.1, -0.05) is 6.07 Å². The van der Waals surface area contributed by atoms with Gasteiger partial charge in [-0.3, -0.25) is 24.7 Å². The summed E-state index contributed by atoms with van der Waals surface area (Å²) in [5.41, 5.74) is 3.74. The number of esters is 1. The lowest BCUT2D eigenvalue weighted by Crippen LogP contribution is -2.49. The highest BCUT2D eigenvalue weighted by atomic mass is 32.1. The summed E-state index contributed by atoms with van der Waals surface area (Å²) in [5, 5.41) is 4.04. The number of anilines is 1. The Morgan fingerprint density at radius 2 is 1.77 bits per heavy atom. The molecule has 0 radical (unpaired) electrons. The van der Waals surface area contributed by atoms with E-state index in [1.807, 2.05) is 0 Å². The number of likely N-dealkylation sites (N-methyl/N-ethyl adjacent to an activating group) is 1. The van der Waals surface area contributed by atoms with Gasteiger partial charge in [0.15, 0.2) is 5.11 Å². The first-order valence-corrected chi connectivity index (χ1v) is 11.4. The maximum atomic E-state index is 12.9. The van der Waals surface area contributed by atoms with Crippen LogP contribution in [0.25, 0.3) is 0 Å². The fraction of sp³-hybridized carbons (Fsp3) is 0.292. The molecule has 1 aliphatic heterocycles. The number of nitrogens with zero attached hydrogens (tertiary/aromatic N) is 2. The first-order chi connectivity index (χ1) is 16.8. The molecule has 1 saturated heterocycles. The molecule has 0 saturated carbocycles. The minimum Gasteiger partial charge on any atom is -0.497 e. The number of benzene rings is 2. The molecule has 35 heavy (non-hydrogen) atoms. The van der Waals surface area contributed by atoms with Gasteiger partial charge in [-0.25, -0.2) is 9.80 Å². The Morgan fingerprint density at radius 1 is 1.06 bits per heavy atom. The highest BCUT2D eigenvalue weighted by Gasteiger charge is 2.43. The molecule has 2 aromatic carbocycles. The van der Waals surface area contributed by atoms with E-state index in [0.29, 0.717) is 22.6 Å². The lowest BCUT2D eigenvalue weighted by molar-refractivity contribution is -0.130. The molecule has 1 heterocycles. The number of hydrogen-bond acceptors (Lipinski definition) is 7. The highest BCUT2D eigenvalue weighted by molar-refractivity contribution is 7.80. The molecule has 0 spiro atoms. The van der Waals surface area contributed by atoms with E-state index in [9.17, 15) is 19.2 Å². The molecule has 184 valence electrons. The van der Waals surface area contributed by atoms with Crippen molar-refractivity contribution in [3.63, 3.8) is 0 Å². The van der Waals surface area contributed by atoms with Crippen LogP contribution < -0.4 is 15.5 Å². The van der Waals surface area contributed by atoms with E-state index in [2.05, 4.69) is 10.7 Å². The number of hydrazine groups is 1. The van der Waals surface area contributed by atoms with Crippen LogP contribution in [0.15, 0.2) is 48.5 Å². The van der Waals surface area contributed by atoms with Crippen LogP contribution in [0.2, 0.25) is 0 Å². The maximum absolute atomic E-state index is 12.9. The second-order valence-corrected chi connectivity index (χ2v) is 7.84. The monoisotopic (exact) mass is 498 g/mol. The fourth-order valence-corrected chi connectivity index (χ4v) is 3.87. The number of rotatable bonds is 9. The van der Waals surface area contributed by atoms with Gasteiger partial charge in [0.25, 0.3) is 11.8 Å². The standard InChI is InChI=1S/C24H26N4O6S/c1-4-27-22(31)19(14-20(29)25-17-11-9-15(10-12-17)23(32)34-5-2)28(24(27)35)26-21(30)16-7-6-8-18(13-16)33-3/h6-13,19H,4-5,14H2,1-3H3,(H,25,29)(H,26,30). The summed E-state index contributed by atoms with van der Waals surface area (Å²) in [7, 11) is 1.49. The predicted octanol–water partition coefficient (Wildman–Crippen LogP) is 2.36. The topological polar surface area (TPSA) is 117 Å². The quantitative estimate of drug-likeness (QED) is 0.400. The number of ether oxygens (including phenoxy) is 2. The van der Waals surface area contributed by atoms with Gasteiger partial charge in [-0.05, 0) is 68.5 Å². The van der Waals surface area contributed by atoms with E-state index < -0.39 is 29.7 Å². The second-order valence-electron chi connectivity index (χ2n) is 7.47. The van der Waals surface area contributed by atoms with Crippen molar-refractivity contribution in [3.05, 3.63) is 59.7 Å². The second kappa shape index (κ2) is 11.4. The van der Waals surface area contributed by atoms with E-state index in [0.717, 1.165) is 0 Å². The normalized spacial score (nSPS) is 15.1. The molecular formula is C24H26N4O6S. The van der Waals surface area contributed by atoms with Gasteiger partial charge in [-0.15, -0.1) is 0 Å². The molecule has 2 aromatic rings. The van der Waals surface area contributed by atoms with Gasteiger partial charge in [-0.2, -0.15) is 0 Å². The number of methoxy groups -OCH3 is 1. The molecule has 2 N–H and O–H groups in total. The van der Waals surface area contributed by atoms with Gasteiger partial charge in [0.05, 0.1) is 25.7 Å². The predicted molar refractivity (Wildman–Crippen MR) is 132 cm³/mol. The van der Waals surface area contributed by atoms with Crippen molar-refractivity contribution in [2.24, 2.45) is 0 Å². The van der Waals surface area contributed by atoms with Crippen molar-refractivity contribution in [1.82, 2.24) is 15.3 Å². The number of carbonyl (C=O) groups is 4. The van der Waals surface area contributed by atoms with Crippen molar-refractivity contribution < 1.29 is 28.7 Å². The van der Waals surface area contributed by atoms with Crippen molar-refractivity contribution in [3.8, 4) is 5.75 Å². The molecule has 10 nitrogen and oxygen atoms in total. The van der Waals surface area contributed by atoms with Crippen molar-refractivity contribution in [1.29, 1.82) is 0 Å². The number of nitrogens with one attached hydrogen (secondary N) is 2. The molecule has 0 aliphatic carbocycles. The van der Waals surface area contributed by atoms with Crippen molar-refractivity contribution in [2.45, 2.75) is 26.3 Å². The third kappa shape index (κ3) is 5.93. The van der Waals surface area contributed by atoms with Crippen LogP contribution >= 0.6 is 12.2 Å². The number of hydrogen-bond donors (Lipinski definition) is 2. The Morgan fingerprint density at radius 3 is 2.40 bits per heavy atom. The van der Waals surface area contributed by atoms with Gasteiger partial charge >= 0.3 is 5.97 Å². The minimum absolute atomic E-state index is 0.102. The van der Waals surface area contributed by atoms with Crippen molar-refractivity contribution >= 4 is 46.7 Å². The smallest absolute Gasteiger partial charge is 0.338 e. The highest BCUT2D eigenvalue weighted by Crippen LogP contribution is 2.21. The van der Waals surface area contributed by atoms with Gasteiger partial charge in [0, 0.05) is 17.8 Å². The Kier molecular flexibility index (Phi) is 8.37. The average Bonchev–Trinajstić information content (AvgIpc) is 3.07. The molecule has 1 unspecified atom stereocenters. The summed E-state index contributed by atoms with van der Waals surface area (Å²) in [6.07, 6.45) is -0.256. The van der Waals surface area contributed by atoms with Crippen LogP contribution in [0.5, 0.6) is 5.75 Å². The zero-order valence-corrected chi connectivity index (χ0v) is 20.4. The summed E-state index contributed by atoms with van der Waals surface area (Å²) in [6.45, 7) is 4.01. The number of thiocarbonyl (C=S) groups is 1. The molecular weight excluding hydrogens is 472 g/mol. The molecule has 0 bridgehead atoms. The third-order valence-corrected chi connectivity index (χ3v) is 5.65. The van der Waals surface area contributed by atoms with E-state index in [4.69, 9.17) is 21.7 Å². The summed E-state index contributed by atoms with van der Waals surface area (Å²) in [6, 6.07) is 11.7. The first kappa shape index (κ1) is 25.6. The lowest BCUT2D eigenvalue weighted by atomic mass is 10.1. The largest absolute Gasteiger partial charge is 0.497 e. The van der Waals surface area contributed by atoms with Crippen LogP contribution in [0.4, 0.5) is 5.69 Å². The van der Waals surface area contributed by atoms with Crippen LogP contribution in [-0.4, -0.2) is 65.0 Å². The maximum Gasteiger partial charge on any atom is 0.338 e. The molecule has 1 fully saturated rings. The van der Waals surface area contributed by atoms with Gasteiger partial charge < -0.3 is 14.8 Å². The zero-order chi connectivity index (χ0) is 25.5. The fourth-order valence-electron chi connectivity index (χ4n) is 3.47. The van der Waals surface area contributed by atoms with Crippen LogP contribution in [0, 0.1) is 0 Å². The molecule has 3 amide bonds. The summed E-state index contributed by atoms with van der Waals surface area (Å²) in [4.78, 5) is 51.6. The molecule has 1 aliphatic rings. The summed E-state index contributed by atoms with van der Waals surface area (Å²) < 4.78 is 10.1. The zero-order valence-electron chi connectivity index (χ0n) is 19.6. The Balaban J connectivity index is 1.72. The number of carbonyl (C=O) groups excluding carboxylic acids is 4. The van der Waals surface area contributed by atoms with E-state index in [-0.39, 0.29) is 24.7 Å². The molecule has 11 heteroatoms. The van der Waals surface area contributed by atoms with Crippen molar-refractivity contribution in [2.75, 3.05) is 25.6 Å². The van der Waals surface area contributed by atoms with E-state index in [1.54, 1.807) is 50.2 Å². The van der Waals surface area contributed by atoms with Gasteiger partial charge in [0.2, 0.25) is 5.91 Å². The number of amides is 3. The summed E-state index contributed by atoms with van der Waals surface area (Å²) in [5.74, 6) is -1.32. The average molecular weight is 499 g/mol. The minimum atomic E-state index is -1.02. The Labute approximate surface area is 208 Å². The Hall–Kier alpha value is -3.99. The van der Waals surface area contributed by atoms with Crippen LogP contribution in [0.3, 0.4) is 0 Å². The molecule has 0 aromatic heterocycles. The summed E-state index contributed by atoms with van der Waals surface area (Å²) >= 11 is 5.39. The Bertz CT molecular complexity index is 1140. The van der Waals surface area contributed by atoms with E-state index in [1.165, 1.54) is 29.2 Å². The SMILES string of the molecule is CCOC(=O)c1ccc(NC(=O)CC2C(=O)N(CC)C(=S)N2NC(=O)c2cccc(OC)c2)cc1. The van der Waals surface area contributed by atoms with E-state index >= 15 is 0 Å². The van der Waals surface area contributed by atoms with Gasteiger partial charge in [0.1, 0.15) is 11.8 Å². The van der Waals surface area contributed by atoms with Crippen LogP contribution in [-0.2, 0) is 14.3 Å². The molecule has 1 atom stereocenters. The first-order valence-electron chi connectivity index (χ1n) is 11.0. The van der Waals surface area contributed by atoms with Crippen LogP contribution in [0.1, 0.15) is 41.0 Å².